The zero-order valence-electron chi connectivity index (χ0n) is 4.56. The Kier molecular flexibility index (Phi) is 1.16. The third-order valence-corrected chi connectivity index (χ3v) is 1.79. The molecule has 0 N–H and O–H groups in total. The maximum absolute atomic E-state index is 3.20. The fraction of sp³-hybridized carbons (Fsp3) is 0.500. The molecule has 0 bridgehead atoms. The van der Waals surface area contributed by atoms with Gasteiger partial charge in [0.2, 0.25) is 0 Å². The third kappa shape index (κ3) is 1.23. The van der Waals surface area contributed by atoms with Crippen LogP contribution in [0, 0.1) is 11.2 Å². The van der Waals surface area contributed by atoms with Gasteiger partial charge in [0, 0.05) is 5.41 Å². The lowest BCUT2D eigenvalue weighted by Crippen LogP contribution is -1.99. The minimum Gasteiger partial charge on any atom is -0.124 e. The van der Waals surface area contributed by atoms with Crippen LogP contribution in [0.5, 0.6) is 0 Å². The van der Waals surface area contributed by atoms with E-state index < -0.39 is 0 Å². The fourth-order valence-corrected chi connectivity index (χ4v) is 1.27. The van der Waals surface area contributed by atoms with Gasteiger partial charge in [0.05, 0.1) is 5.75 Å². The van der Waals surface area contributed by atoms with Crippen molar-refractivity contribution in [3.05, 3.63) is 17.2 Å². The van der Waals surface area contributed by atoms with Crippen molar-refractivity contribution in [3.8, 4) is 0 Å². The van der Waals surface area contributed by atoms with Gasteiger partial charge in [-0.15, -0.1) is 11.8 Å². The van der Waals surface area contributed by atoms with Crippen molar-refractivity contribution >= 4 is 11.8 Å². The van der Waals surface area contributed by atoms with Crippen molar-refractivity contribution in [2.75, 3.05) is 0 Å². The second kappa shape index (κ2) is 1.55. The molecule has 7 heavy (non-hydrogen) atoms. The normalized spacial score (nSPS) is 26.0. The average Bonchev–Trinajstić information content (AvgIpc) is 1.84. The van der Waals surface area contributed by atoms with Crippen LogP contribution in [0.25, 0.3) is 0 Å². The van der Waals surface area contributed by atoms with E-state index in [1.165, 1.54) is 0 Å². The first kappa shape index (κ1) is 5.23. The second-order valence-corrected chi connectivity index (χ2v) is 2.96. The van der Waals surface area contributed by atoms with E-state index in [0.29, 0.717) is 0 Å². The van der Waals surface area contributed by atoms with Crippen molar-refractivity contribution in [3.63, 3.8) is 0 Å². The van der Waals surface area contributed by atoms with Crippen molar-refractivity contribution in [1.82, 2.24) is 0 Å². The molecule has 0 unspecified atom stereocenters. The SMILES string of the molecule is CC1(C)[C]SC=C1. The molecule has 0 aromatic rings. The quantitative estimate of drug-likeness (QED) is 0.463. The maximum Gasteiger partial charge on any atom is 0.0631 e. The van der Waals surface area contributed by atoms with Crippen LogP contribution in [0.15, 0.2) is 11.5 Å². The first-order chi connectivity index (χ1) is 3.21. The van der Waals surface area contributed by atoms with E-state index >= 15 is 0 Å². The van der Waals surface area contributed by atoms with Crippen LogP contribution in [-0.2, 0) is 0 Å². The van der Waals surface area contributed by atoms with Crippen LogP contribution in [0.4, 0.5) is 0 Å². The Morgan fingerprint density at radius 2 is 2.29 bits per heavy atom. The molecule has 0 spiro atoms. The van der Waals surface area contributed by atoms with E-state index in [4.69, 9.17) is 0 Å². The molecule has 1 aliphatic heterocycles. The Labute approximate surface area is 49.0 Å². The van der Waals surface area contributed by atoms with Gasteiger partial charge in [-0.1, -0.05) is 19.9 Å². The second-order valence-electron chi connectivity index (χ2n) is 2.24. The van der Waals surface area contributed by atoms with E-state index in [9.17, 15) is 0 Å². The van der Waals surface area contributed by atoms with Crippen LogP contribution < -0.4 is 0 Å². The van der Waals surface area contributed by atoms with Crippen LogP contribution in [-0.4, -0.2) is 0 Å². The molecule has 1 aliphatic rings. The summed E-state index contributed by atoms with van der Waals surface area (Å²) in [5.41, 5.74) is 0.227. The van der Waals surface area contributed by atoms with Crippen LogP contribution in [0.1, 0.15) is 13.8 Å². The monoisotopic (exact) mass is 112 g/mol. The number of rotatable bonds is 0. The molecule has 1 heteroatoms. The van der Waals surface area contributed by atoms with E-state index in [-0.39, 0.29) is 5.41 Å². The highest BCUT2D eigenvalue weighted by molar-refractivity contribution is 8.04. The van der Waals surface area contributed by atoms with Gasteiger partial charge in [0.25, 0.3) is 0 Å². The van der Waals surface area contributed by atoms with Gasteiger partial charge in [0.15, 0.2) is 0 Å². The highest BCUT2D eigenvalue weighted by atomic mass is 32.2. The largest absolute Gasteiger partial charge is 0.124 e. The molecule has 0 aromatic carbocycles. The summed E-state index contributed by atoms with van der Waals surface area (Å²) >= 11 is 1.65. The van der Waals surface area contributed by atoms with E-state index in [0.717, 1.165) is 0 Å². The predicted molar refractivity (Wildman–Crippen MR) is 33.8 cm³/mol. The molecular weight excluding hydrogens is 104 g/mol. The van der Waals surface area contributed by atoms with E-state index in [1.54, 1.807) is 11.8 Å². The van der Waals surface area contributed by atoms with Gasteiger partial charge >= 0.3 is 0 Å². The summed E-state index contributed by atoms with van der Waals surface area (Å²) in [5.74, 6) is 3.20. The van der Waals surface area contributed by atoms with E-state index in [2.05, 4.69) is 31.1 Å². The summed E-state index contributed by atoms with van der Waals surface area (Å²) in [6.45, 7) is 4.28. The van der Waals surface area contributed by atoms with Crippen LogP contribution >= 0.6 is 11.8 Å². The van der Waals surface area contributed by atoms with Crippen molar-refractivity contribution in [1.29, 1.82) is 0 Å². The number of allylic oxidation sites excluding steroid dienone is 1. The van der Waals surface area contributed by atoms with Crippen molar-refractivity contribution in [2.24, 2.45) is 5.41 Å². The lowest BCUT2D eigenvalue weighted by atomic mass is 9.98. The molecule has 0 aliphatic carbocycles. The standard InChI is InChI=1S/C6H8S/c1-6(2)3-4-7-5-6/h3-4H,1-2H3. The zero-order valence-corrected chi connectivity index (χ0v) is 5.38. The molecule has 1 rings (SSSR count). The summed E-state index contributed by atoms with van der Waals surface area (Å²) in [7, 11) is 0. The predicted octanol–water partition coefficient (Wildman–Crippen LogP) is 2.31. The number of hydrogen-bond acceptors (Lipinski definition) is 1. The smallest absolute Gasteiger partial charge is 0.0631 e. The first-order valence-corrected chi connectivity index (χ1v) is 3.19. The molecule has 0 amide bonds. The molecule has 1 heterocycles. The summed E-state index contributed by atoms with van der Waals surface area (Å²) in [6, 6.07) is 0. The maximum atomic E-state index is 3.20. The molecule has 0 saturated carbocycles. The summed E-state index contributed by atoms with van der Waals surface area (Å²) in [6.07, 6.45) is 2.15. The fourth-order valence-electron chi connectivity index (χ4n) is 0.424. The zero-order chi connectivity index (χ0) is 5.33. The summed E-state index contributed by atoms with van der Waals surface area (Å²) in [5, 5.41) is 2.07. The Balaban J connectivity index is 2.57. The lowest BCUT2D eigenvalue weighted by molar-refractivity contribution is 0.615. The molecule has 0 saturated heterocycles. The molecule has 0 aromatic heterocycles. The van der Waals surface area contributed by atoms with Crippen molar-refractivity contribution in [2.45, 2.75) is 13.8 Å². The van der Waals surface area contributed by atoms with Crippen LogP contribution in [0.2, 0.25) is 0 Å². The Morgan fingerprint density at radius 1 is 1.57 bits per heavy atom. The minimum atomic E-state index is 0.227. The van der Waals surface area contributed by atoms with Gasteiger partial charge in [-0.05, 0) is 5.41 Å². The topological polar surface area (TPSA) is 0 Å². The number of hydrogen-bond donors (Lipinski definition) is 0. The molecule has 0 fully saturated rings. The van der Waals surface area contributed by atoms with Gasteiger partial charge in [-0.2, -0.15) is 0 Å². The molecule has 38 valence electrons. The lowest BCUT2D eigenvalue weighted by Gasteiger charge is -2.09. The van der Waals surface area contributed by atoms with Gasteiger partial charge in [0.1, 0.15) is 0 Å². The summed E-state index contributed by atoms with van der Waals surface area (Å²) < 4.78 is 0. The Hall–Kier alpha value is 0.0900. The highest BCUT2D eigenvalue weighted by Gasteiger charge is 2.18. The molecule has 2 radical (unpaired) electrons. The first-order valence-electron chi connectivity index (χ1n) is 2.31. The molecule has 0 nitrogen and oxygen atoms in total. The molecule has 0 atom stereocenters. The number of thioether (sulfide) groups is 1. The van der Waals surface area contributed by atoms with Gasteiger partial charge in [-0.25, -0.2) is 0 Å². The van der Waals surface area contributed by atoms with Crippen LogP contribution in [0.3, 0.4) is 0 Å². The van der Waals surface area contributed by atoms with Gasteiger partial charge in [-0.3, -0.25) is 0 Å². The third-order valence-electron chi connectivity index (χ3n) is 0.875. The van der Waals surface area contributed by atoms with Gasteiger partial charge < -0.3 is 0 Å². The Morgan fingerprint density at radius 3 is 2.43 bits per heavy atom. The van der Waals surface area contributed by atoms with Crippen molar-refractivity contribution < 1.29 is 0 Å². The Bertz CT molecular complexity index is 92.4. The minimum absolute atomic E-state index is 0.227. The highest BCUT2D eigenvalue weighted by Crippen LogP contribution is 2.35. The molecular formula is C6H8S. The summed E-state index contributed by atoms with van der Waals surface area (Å²) in [4.78, 5) is 0. The van der Waals surface area contributed by atoms with E-state index in [1.807, 2.05) is 0 Å². The average molecular weight is 112 g/mol.